The average molecular weight is 402 g/mol. The predicted octanol–water partition coefficient (Wildman–Crippen LogP) is 6.10. The fourth-order valence-corrected chi connectivity index (χ4v) is 3.49. The summed E-state index contributed by atoms with van der Waals surface area (Å²) < 4.78 is 6.13. The van der Waals surface area contributed by atoms with Gasteiger partial charge in [0.25, 0.3) is 5.91 Å². The van der Waals surface area contributed by atoms with E-state index in [0.717, 1.165) is 28.0 Å². The van der Waals surface area contributed by atoms with Gasteiger partial charge in [0.1, 0.15) is 5.75 Å². The van der Waals surface area contributed by atoms with Crippen LogP contribution in [0.5, 0.6) is 5.75 Å². The lowest BCUT2D eigenvalue weighted by Gasteiger charge is -2.24. The SMILES string of the molecule is Cc1ccc([C@H](NC(=O)[C@H](C)Oc2cc(C)ccc2C(C)C)c2ccccc2)cc1. The first-order valence-corrected chi connectivity index (χ1v) is 10.5. The average Bonchev–Trinajstić information content (AvgIpc) is 2.73. The van der Waals surface area contributed by atoms with Crippen molar-refractivity contribution in [1.29, 1.82) is 0 Å². The van der Waals surface area contributed by atoms with Crippen molar-refractivity contribution in [3.8, 4) is 5.75 Å². The van der Waals surface area contributed by atoms with Gasteiger partial charge in [-0.25, -0.2) is 0 Å². The zero-order valence-corrected chi connectivity index (χ0v) is 18.5. The number of carbonyl (C=O) groups excluding carboxylic acids is 1. The molecule has 0 fully saturated rings. The van der Waals surface area contributed by atoms with Crippen molar-refractivity contribution in [2.24, 2.45) is 0 Å². The molecule has 0 unspecified atom stereocenters. The van der Waals surface area contributed by atoms with E-state index in [2.05, 4.69) is 62.5 Å². The van der Waals surface area contributed by atoms with Crippen molar-refractivity contribution in [2.45, 2.75) is 52.7 Å². The van der Waals surface area contributed by atoms with E-state index in [0.29, 0.717) is 5.92 Å². The van der Waals surface area contributed by atoms with Crippen LogP contribution in [0.2, 0.25) is 0 Å². The standard InChI is InChI=1S/C27H31NO2/c1-18(2)24-16-13-20(4)17-25(24)30-21(5)27(29)28-26(22-9-7-6-8-10-22)23-14-11-19(3)12-15-23/h6-18,21,26H,1-5H3,(H,28,29)/t21-,26+/m0/s1. The minimum atomic E-state index is -0.610. The third-order valence-corrected chi connectivity index (χ3v) is 5.29. The van der Waals surface area contributed by atoms with E-state index in [4.69, 9.17) is 4.74 Å². The number of carbonyl (C=O) groups is 1. The Bertz CT molecular complexity index is 978. The topological polar surface area (TPSA) is 38.3 Å². The number of ether oxygens (including phenoxy) is 1. The van der Waals surface area contributed by atoms with Crippen LogP contribution < -0.4 is 10.1 Å². The molecule has 0 aliphatic rings. The molecule has 0 aromatic heterocycles. The molecular formula is C27H31NO2. The molecule has 0 bridgehead atoms. The first-order valence-electron chi connectivity index (χ1n) is 10.5. The first-order chi connectivity index (χ1) is 14.3. The van der Waals surface area contributed by atoms with Crippen LogP contribution in [0.3, 0.4) is 0 Å². The van der Waals surface area contributed by atoms with Crippen molar-refractivity contribution < 1.29 is 9.53 Å². The van der Waals surface area contributed by atoms with Gasteiger partial charge >= 0.3 is 0 Å². The first kappa shape index (κ1) is 21.6. The smallest absolute Gasteiger partial charge is 0.261 e. The van der Waals surface area contributed by atoms with Crippen LogP contribution in [-0.4, -0.2) is 12.0 Å². The van der Waals surface area contributed by atoms with Crippen LogP contribution in [0.25, 0.3) is 0 Å². The highest BCUT2D eigenvalue weighted by atomic mass is 16.5. The Morgan fingerprint density at radius 2 is 1.40 bits per heavy atom. The Morgan fingerprint density at radius 3 is 2.03 bits per heavy atom. The van der Waals surface area contributed by atoms with Crippen molar-refractivity contribution >= 4 is 5.91 Å². The molecule has 2 atom stereocenters. The van der Waals surface area contributed by atoms with Gasteiger partial charge < -0.3 is 10.1 Å². The second kappa shape index (κ2) is 9.62. The van der Waals surface area contributed by atoms with Gasteiger partial charge in [-0.2, -0.15) is 0 Å². The summed E-state index contributed by atoms with van der Waals surface area (Å²) in [5.41, 5.74) is 5.50. The molecule has 3 heteroatoms. The number of rotatable bonds is 7. The van der Waals surface area contributed by atoms with E-state index >= 15 is 0 Å². The molecule has 0 saturated heterocycles. The van der Waals surface area contributed by atoms with Gasteiger partial charge in [-0.05, 0) is 55.0 Å². The summed E-state index contributed by atoms with van der Waals surface area (Å²) in [6.45, 7) is 10.2. The molecule has 3 aromatic rings. The maximum absolute atomic E-state index is 13.1. The molecule has 0 radical (unpaired) electrons. The lowest BCUT2D eigenvalue weighted by atomic mass is 9.97. The third-order valence-electron chi connectivity index (χ3n) is 5.29. The lowest BCUT2D eigenvalue weighted by Crippen LogP contribution is -2.39. The van der Waals surface area contributed by atoms with Crippen LogP contribution in [0.4, 0.5) is 0 Å². The maximum atomic E-state index is 13.1. The molecule has 156 valence electrons. The van der Waals surface area contributed by atoms with Crippen LogP contribution >= 0.6 is 0 Å². The molecular weight excluding hydrogens is 370 g/mol. The normalized spacial score (nSPS) is 13.0. The summed E-state index contributed by atoms with van der Waals surface area (Å²) in [6.07, 6.45) is -0.610. The van der Waals surface area contributed by atoms with Gasteiger partial charge in [-0.15, -0.1) is 0 Å². The highest BCUT2D eigenvalue weighted by molar-refractivity contribution is 5.81. The summed E-state index contributed by atoms with van der Waals surface area (Å²) >= 11 is 0. The van der Waals surface area contributed by atoms with Crippen LogP contribution in [0.1, 0.15) is 60.5 Å². The number of nitrogens with one attached hydrogen (secondary N) is 1. The minimum absolute atomic E-state index is 0.138. The summed E-state index contributed by atoms with van der Waals surface area (Å²) in [6, 6.07) is 24.2. The van der Waals surface area contributed by atoms with E-state index in [-0.39, 0.29) is 11.9 Å². The van der Waals surface area contributed by atoms with Gasteiger partial charge in [-0.3, -0.25) is 4.79 Å². The highest BCUT2D eigenvalue weighted by Crippen LogP contribution is 2.29. The number of hydrogen-bond donors (Lipinski definition) is 1. The molecule has 0 saturated carbocycles. The molecule has 1 amide bonds. The molecule has 30 heavy (non-hydrogen) atoms. The van der Waals surface area contributed by atoms with Crippen molar-refractivity contribution in [1.82, 2.24) is 5.32 Å². The quantitative estimate of drug-likeness (QED) is 0.519. The van der Waals surface area contributed by atoms with Gasteiger partial charge in [-0.1, -0.05) is 86.1 Å². The second-order valence-electron chi connectivity index (χ2n) is 8.22. The Hall–Kier alpha value is -3.07. The van der Waals surface area contributed by atoms with Gasteiger partial charge in [0.2, 0.25) is 0 Å². The van der Waals surface area contributed by atoms with Crippen LogP contribution in [-0.2, 0) is 4.79 Å². The molecule has 0 aliphatic heterocycles. The zero-order chi connectivity index (χ0) is 21.7. The zero-order valence-electron chi connectivity index (χ0n) is 18.5. The fourth-order valence-electron chi connectivity index (χ4n) is 3.49. The van der Waals surface area contributed by atoms with E-state index in [1.54, 1.807) is 6.92 Å². The molecule has 3 rings (SSSR count). The fraction of sp³-hybridized carbons (Fsp3) is 0.296. The molecule has 0 heterocycles. The Kier molecular flexibility index (Phi) is 6.94. The number of aryl methyl sites for hydroxylation is 2. The molecule has 1 N–H and O–H groups in total. The minimum Gasteiger partial charge on any atom is -0.481 e. The molecule has 0 aliphatic carbocycles. The van der Waals surface area contributed by atoms with Crippen molar-refractivity contribution in [3.63, 3.8) is 0 Å². The Morgan fingerprint density at radius 1 is 0.800 bits per heavy atom. The highest BCUT2D eigenvalue weighted by Gasteiger charge is 2.23. The number of amides is 1. The Balaban J connectivity index is 1.82. The molecule has 0 spiro atoms. The van der Waals surface area contributed by atoms with Crippen molar-refractivity contribution in [3.05, 3.63) is 101 Å². The summed E-state index contributed by atoms with van der Waals surface area (Å²) in [5, 5.41) is 3.19. The van der Waals surface area contributed by atoms with Crippen molar-refractivity contribution in [2.75, 3.05) is 0 Å². The third kappa shape index (κ3) is 5.29. The lowest BCUT2D eigenvalue weighted by molar-refractivity contribution is -0.127. The van der Waals surface area contributed by atoms with Gasteiger partial charge in [0, 0.05) is 0 Å². The maximum Gasteiger partial charge on any atom is 0.261 e. The van der Waals surface area contributed by atoms with E-state index < -0.39 is 6.10 Å². The molecule has 3 nitrogen and oxygen atoms in total. The summed E-state index contributed by atoms with van der Waals surface area (Å²) in [5.74, 6) is 0.959. The van der Waals surface area contributed by atoms with E-state index in [1.807, 2.05) is 43.3 Å². The Labute approximate surface area is 180 Å². The van der Waals surface area contributed by atoms with Gasteiger partial charge in [0.05, 0.1) is 6.04 Å². The van der Waals surface area contributed by atoms with E-state index in [9.17, 15) is 4.79 Å². The van der Waals surface area contributed by atoms with Crippen LogP contribution in [0, 0.1) is 13.8 Å². The predicted molar refractivity (Wildman–Crippen MR) is 123 cm³/mol. The van der Waals surface area contributed by atoms with E-state index in [1.165, 1.54) is 5.56 Å². The number of hydrogen-bond acceptors (Lipinski definition) is 2. The largest absolute Gasteiger partial charge is 0.481 e. The summed E-state index contributed by atoms with van der Waals surface area (Å²) in [4.78, 5) is 13.1. The molecule has 3 aromatic carbocycles. The van der Waals surface area contributed by atoms with Crippen LogP contribution in [0.15, 0.2) is 72.8 Å². The summed E-state index contributed by atoms with van der Waals surface area (Å²) in [7, 11) is 0. The number of benzene rings is 3. The monoisotopic (exact) mass is 401 g/mol. The second-order valence-corrected chi connectivity index (χ2v) is 8.22. The van der Waals surface area contributed by atoms with Gasteiger partial charge in [0.15, 0.2) is 6.10 Å².